The van der Waals surface area contributed by atoms with Gasteiger partial charge in [-0.1, -0.05) is 18.2 Å². The zero-order valence-electron chi connectivity index (χ0n) is 12.9. The second-order valence-corrected chi connectivity index (χ2v) is 5.39. The van der Waals surface area contributed by atoms with E-state index in [0.29, 0.717) is 6.42 Å². The van der Waals surface area contributed by atoms with Gasteiger partial charge in [-0.2, -0.15) is 0 Å². The molecule has 0 fully saturated rings. The molecule has 3 heterocycles. The second kappa shape index (κ2) is 6.05. The number of nitrogens with one attached hydrogen (secondary N) is 1. The number of aromatic amines is 1. The van der Waals surface area contributed by atoms with Crippen molar-refractivity contribution in [2.24, 2.45) is 0 Å². The third kappa shape index (κ3) is 2.62. The number of aromatic nitrogens is 3. The average molecular weight is 296 g/mol. The predicted molar refractivity (Wildman–Crippen MR) is 87.5 cm³/mol. The third-order valence-electron chi connectivity index (χ3n) is 3.94. The smallest absolute Gasteiger partial charge is 0.276 e. The molecule has 5 nitrogen and oxygen atoms in total. The molecule has 0 bridgehead atoms. The van der Waals surface area contributed by atoms with Gasteiger partial charge in [0.05, 0.1) is 0 Å². The van der Waals surface area contributed by atoms with Gasteiger partial charge in [0.2, 0.25) is 0 Å². The number of nitrogens with zero attached hydrogens (tertiary/aromatic N) is 3. The molecule has 22 heavy (non-hydrogen) atoms. The first-order valence-corrected chi connectivity index (χ1v) is 7.52. The molecule has 1 aliphatic heterocycles. The van der Waals surface area contributed by atoms with Crippen LogP contribution in [0.15, 0.2) is 47.5 Å². The first-order valence-electron chi connectivity index (χ1n) is 7.52. The number of hydrogen-bond donors (Lipinski definition) is 1. The highest BCUT2D eigenvalue weighted by molar-refractivity contribution is 5.49. The van der Waals surface area contributed by atoms with Crippen molar-refractivity contribution in [1.82, 2.24) is 19.7 Å². The van der Waals surface area contributed by atoms with Crippen LogP contribution in [0.4, 0.5) is 0 Å². The van der Waals surface area contributed by atoms with Gasteiger partial charge in [-0.05, 0) is 31.6 Å². The summed E-state index contributed by atoms with van der Waals surface area (Å²) in [6.07, 6.45) is 10.2. The van der Waals surface area contributed by atoms with Crippen molar-refractivity contribution >= 4 is 5.82 Å². The number of hydrogen-bond acceptors (Lipinski definition) is 3. The van der Waals surface area contributed by atoms with Crippen LogP contribution in [0, 0.1) is 6.92 Å². The Labute approximate surface area is 129 Å². The Morgan fingerprint density at radius 1 is 1.41 bits per heavy atom. The zero-order chi connectivity index (χ0) is 15.5. The SMILES string of the molecule is CCN1CC=CC=C1n1[nH]c(C)c(Cc2cccnc2)c1=O. The van der Waals surface area contributed by atoms with E-state index in [-0.39, 0.29) is 5.56 Å². The molecule has 0 radical (unpaired) electrons. The predicted octanol–water partition coefficient (Wildman–Crippen LogP) is 2.16. The summed E-state index contributed by atoms with van der Waals surface area (Å²) < 4.78 is 1.65. The van der Waals surface area contributed by atoms with Crippen LogP contribution in [0.2, 0.25) is 0 Å². The van der Waals surface area contributed by atoms with Crippen molar-refractivity contribution in [3.63, 3.8) is 0 Å². The largest absolute Gasteiger partial charge is 0.353 e. The van der Waals surface area contributed by atoms with Gasteiger partial charge in [0, 0.05) is 43.2 Å². The molecule has 1 N–H and O–H groups in total. The number of aryl methyl sites for hydroxylation is 1. The van der Waals surface area contributed by atoms with E-state index >= 15 is 0 Å². The molecule has 2 aromatic heterocycles. The Balaban J connectivity index is 1.99. The summed E-state index contributed by atoms with van der Waals surface area (Å²) in [5.74, 6) is 0.899. The molecule has 0 saturated carbocycles. The summed E-state index contributed by atoms with van der Waals surface area (Å²) in [4.78, 5) is 19.0. The maximum absolute atomic E-state index is 12.8. The van der Waals surface area contributed by atoms with Crippen LogP contribution in [0.3, 0.4) is 0 Å². The van der Waals surface area contributed by atoms with Gasteiger partial charge in [-0.3, -0.25) is 14.9 Å². The van der Waals surface area contributed by atoms with Gasteiger partial charge in [-0.25, -0.2) is 4.68 Å². The van der Waals surface area contributed by atoms with Crippen LogP contribution < -0.4 is 5.56 Å². The van der Waals surface area contributed by atoms with Crippen LogP contribution in [-0.4, -0.2) is 32.8 Å². The van der Waals surface area contributed by atoms with E-state index in [9.17, 15) is 4.79 Å². The van der Waals surface area contributed by atoms with E-state index < -0.39 is 0 Å². The number of allylic oxidation sites excluding steroid dienone is 2. The van der Waals surface area contributed by atoms with Gasteiger partial charge in [-0.15, -0.1) is 0 Å². The fourth-order valence-corrected chi connectivity index (χ4v) is 2.71. The number of likely N-dealkylation sites (N-methyl/N-ethyl adjacent to an activating group) is 1. The van der Waals surface area contributed by atoms with E-state index in [4.69, 9.17) is 0 Å². The molecule has 0 atom stereocenters. The van der Waals surface area contributed by atoms with Crippen LogP contribution in [0.1, 0.15) is 23.7 Å². The molecule has 5 heteroatoms. The summed E-state index contributed by atoms with van der Waals surface area (Å²) in [6.45, 7) is 5.72. The Bertz CT molecular complexity index is 768. The van der Waals surface area contributed by atoms with Crippen LogP contribution in [0.5, 0.6) is 0 Å². The van der Waals surface area contributed by atoms with Crippen molar-refractivity contribution in [3.8, 4) is 0 Å². The van der Waals surface area contributed by atoms with Gasteiger partial charge < -0.3 is 4.90 Å². The van der Waals surface area contributed by atoms with E-state index in [1.165, 1.54) is 0 Å². The second-order valence-electron chi connectivity index (χ2n) is 5.39. The fourth-order valence-electron chi connectivity index (χ4n) is 2.71. The summed E-state index contributed by atoms with van der Waals surface area (Å²) in [5.41, 5.74) is 2.75. The first-order chi connectivity index (χ1) is 10.7. The minimum absolute atomic E-state index is 0.0151. The standard InChI is InChI=1S/C17H20N4O/c1-3-20-10-5-4-8-16(20)21-17(22)15(13(2)19-21)11-14-7-6-9-18-12-14/h4-9,12,19H,3,10-11H2,1-2H3. The lowest BCUT2D eigenvalue weighted by atomic mass is 10.1. The molecule has 1 aliphatic rings. The Hall–Kier alpha value is -2.56. The quantitative estimate of drug-likeness (QED) is 0.940. The monoisotopic (exact) mass is 296 g/mol. The molecular formula is C17H20N4O. The van der Waals surface area contributed by atoms with Gasteiger partial charge >= 0.3 is 0 Å². The minimum atomic E-state index is 0.0151. The number of H-pyrrole nitrogens is 1. The molecule has 0 aromatic carbocycles. The van der Waals surface area contributed by atoms with Crippen molar-refractivity contribution < 1.29 is 0 Å². The molecule has 3 rings (SSSR count). The normalized spacial score (nSPS) is 14.3. The average Bonchev–Trinajstić information content (AvgIpc) is 2.84. The van der Waals surface area contributed by atoms with Crippen LogP contribution in [-0.2, 0) is 6.42 Å². The highest BCUT2D eigenvalue weighted by Gasteiger charge is 2.18. The van der Waals surface area contributed by atoms with Crippen molar-refractivity contribution in [1.29, 1.82) is 0 Å². The highest BCUT2D eigenvalue weighted by atomic mass is 16.1. The summed E-state index contributed by atoms with van der Waals surface area (Å²) in [5, 5.41) is 3.21. The lowest BCUT2D eigenvalue weighted by Crippen LogP contribution is -2.32. The molecule has 114 valence electrons. The maximum Gasteiger partial charge on any atom is 0.276 e. The molecule has 0 amide bonds. The maximum atomic E-state index is 12.8. The summed E-state index contributed by atoms with van der Waals surface area (Å²) in [7, 11) is 0. The fraction of sp³-hybridized carbons (Fsp3) is 0.294. The van der Waals surface area contributed by atoms with Crippen molar-refractivity contribution in [2.45, 2.75) is 20.3 Å². The Morgan fingerprint density at radius 3 is 3.00 bits per heavy atom. The van der Waals surface area contributed by atoms with Gasteiger partial charge in [0.25, 0.3) is 5.56 Å². The van der Waals surface area contributed by atoms with E-state index in [1.807, 2.05) is 31.2 Å². The van der Waals surface area contributed by atoms with Crippen LogP contribution >= 0.6 is 0 Å². The zero-order valence-corrected chi connectivity index (χ0v) is 12.9. The molecular weight excluding hydrogens is 276 g/mol. The molecule has 0 unspecified atom stereocenters. The molecule has 0 saturated heterocycles. The summed E-state index contributed by atoms with van der Waals surface area (Å²) in [6, 6.07) is 3.88. The summed E-state index contributed by atoms with van der Waals surface area (Å²) >= 11 is 0. The molecule has 2 aromatic rings. The third-order valence-corrected chi connectivity index (χ3v) is 3.94. The minimum Gasteiger partial charge on any atom is -0.353 e. The van der Waals surface area contributed by atoms with E-state index in [2.05, 4.69) is 28.0 Å². The van der Waals surface area contributed by atoms with E-state index in [1.54, 1.807) is 17.1 Å². The van der Waals surface area contributed by atoms with Gasteiger partial charge in [0.1, 0.15) is 5.82 Å². The van der Waals surface area contributed by atoms with Crippen LogP contribution in [0.25, 0.3) is 5.82 Å². The highest BCUT2D eigenvalue weighted by Crippen LogP contribution is 2.15. The van der Waals surface area contributed by atoms with Crippen molar-refractivity contribution in [3.05, 3.63) is 69.9 Å². The lowest BCUT2D eigenvalue weighted by Gasteiger charge is -2.26. The Morgan fingerprint density at radius 2 is 2.27 bits per heavy atom. The lowest BCUT2D eigenvalue weighted by molar-refractivity contribution is 0.425. The molecule has 0 aliphatic carbocycles. The topological polar surface area (TPSA) is 53.9 Å². The number of pyridine rings is 1. The van der Waals surface area contributed by atoms with E-state index in [0.717, 1.165) is 35.7 Å². The number of rotatable bonds is 4. The molecule has 0 spiro atoms. The Kier molecular flexibility index (Phi) is 3.96. The first kappa shape index (κ1) is 14.4. The van der Waals surface area contributed by atoms with Gasteiger partial charge in [0.15, 0.2) is 0 Å². The van der Waals surface area contributed by atoms with Crippen molar-refractivity contribution in [2.75, 3.05) is 13.1 Å².